The smallest absolute Gasteiger partial charge is 0.354 e. The van der Waals surface area contributed by atoms with Crippen LogP contribution < -0.4 is 4.74 Å². The molecule has 0 aliphatic carbocycles. The number of aromatic nitrogens is 3. The van der Waals surface area contributed by atoms with Gasteiger partial charge in [0, 0.05) is 51.2 Å². The highest BCUT2D eigenvalue weighted by Crippen LogP contribution is 2.46. The molecule has 0 spiro atoms. The predicted molar refractivity (Wildman–Crippen MR) is 166 cm³/mol. The Morgan fingerprint density at radius 1 is 1.14 bits per heavy atom. The molecule has 0 bridgehead atoms. The van der Waals surface area contributed by atoms with Crippen LogP contribution in [0, 0.1) is 25.1 Å². The number of rotatable bonds is 8. The van der Waals surface area contributed by atoms with Crippen LogP contribution >= 0.6 is 11.6 Å². The Hall–Kier alpha value is -3.88. The average molecular weight is 604 g/mol. The van der Waals surface area contributed by atoms with Gasteiger partial charge < -0.3 is 19.1 Å². The van der Waals surface area contributed by atoms with Crippen molar-refractivity contribution in [1.29, 1.82) is 0 Å². The molecule has 9 heteroatoms. The zero-order chi connectivity index (χ0) is 30.6. The van der Waals surface area contributed by atoms with E-state index in [1.54, 1.807) is 6.07 Å². The summed E-state index contributed by atoms with van der Waals surface area (Å²) in [4.78, 5) is 13.2. The molecule has 1 aliphatic rings. The molecule has 7 nitrogen and oxygen atoms in total. The number of halogens is 2. The number of methoxy groups -OCH3 is 1. The minimum Gasteiger partial charge on any atom is -0.493 e. The quantitative estimate of drug-likeness (QED) is 0.148. The Kier molecular flexibility index (Phi) is 7.47. The molecule has 0 amide bonds. The number of esters is 1. The van der Waals surface area contributed by atoms with Crippen molar-refractivity contribution in [2.75, 3.05) is 13.7 Å². The molecule has 0 saturated heterocycles. The van der Waals surface area contributed by atoms with E-state index in [-0.39, 0.29) is 17.8 Å². The van der Waals surface area contributed by atoms with Crippen LogP contribution in [0.1, 0.15) is 53.3 Å². The van der Waals surface area contributed by atoms with E-state index in [2.05, 4.69) is 13.8 Å². The molecule has 3 heterocycles. The minimum atomic E-state index is -0.438. The molecule has 3 aromatic carbocycles. The third-order valence-electron chi connectivity index (χ3n) is 8.36. The van der Waals surface area contributed by atoms with Crippen LogP contribution in [0.25, 0.3) is 32.8 Å². The molecule has 5 aromatic rings. The van der Waals surface area contributed by atoms with Gasteiger partial charge in [0.05, 0.1) is 26.0 Å². The summed E-state index contributed by atoms with van der Waals surface area (Å²) >= 11 is 6.92. The third-order valence-corrected chi connectivity index (χ3v) is 8.68. The third kappa shape index (κ3) is 5.06. The number of carbonyl (C=O) groups is 1. The fourth-order valence-corrected chi connectivity index (χ4v) is 6.85. The van der Waals surface area contributed by atoms with Crippen molar-refractivity contribution in [3.05, 3.63) is 81.5 Å². The van der Waals surface area contributed by atoms with Gasteiger partial charge in [0.1, 0.15) is 17.3 Å². The number of carbonyl (C=O) groups excluding carboxylic acids is 1. The first-order valence-electron chi connectivity index (χ1n) is 14.4. The van der Waals surface area contributed by atoms with E-state index < -0.39 is 5.97 Å². The van der Waals surface area contributed by atoms with E-state index >= 15 is 0 Å². The van der Waals surface area contributed by atoms with Gasteiger partial charge in [0.15, 0.2) is 0 Å². The number of nitrogens with zero attached hydrogens (tertiary/aromatic N) is 3. The van der Waals surface area contributed by atoms with Crippen LogP contribution in [-0.2, 0) is 30.9 Å². The van der Waals surface area contributed by atoms with Gasteiger partial charge in [-0.3, -0.25) is 4.68 Å². The lowest BCUT2D eigenvalue weighted by molar-refractivity contribution is 0.0587. The lowest BCUT2D eigenvalue weighted by Crippen LogP contribution is -2.13. The largest absolute Gasteiger partial charge is 0.493 e. The SMILES string of the molecule is COC(=O)c1c(C)c2c(-c3c(CO)nn4c3CC(C)(C)C4)c(Cl)ccc2n1CCCOc1cc(C)cc2cc(F)ccc12. The maximum absolute atomic E-state index is 13.8. The van der Waals surface area contributed by atoms with Crippen LogP contribution in [0.3, 0.4) is 0 Å². The number of aliphatic hydroxyl groups excluding tert-OH is 1. The zero-order valence-corrected chi connectivity index (χ0v) is 25.8. The molecule has 0 saturated carbocycles. The van der Waals surface area contributed by atoms with Gasteiger partial charge in [-0.05, 0) is 85.0 Å². The molecule has 43 heavy (non-hydrogen) atoms. The van der Waals surface area contributed by atoms with Crippen molar-refractivity contribution in [3.8, 4) is 16.9 Å². The first kappa shape index (κ1) is 29.2. The fourth-order valence-electron chi connectivity index (χ4n) is 6.60. The Balaban J connectivity index is 1.39. The Bertz CT molecular complexity index is 1900. The highest BCUT2D eigenvalue weighted by molar-refractivity contribution is 6.35. The second-order valence-electron chi connectivity index (χ2n) is 12.2. The van der Waals surface area contributed by atoms with E-state index in [9.17, 15) is 14.3 Å². The molecule has 2 aromatic heterocycles. The predicted octanol–water partition coefficient (Wildman–Crippen LogP) is 7.40. The van der Waals surface area contributed by atoms with E-state index in [0.29, 0.717) is 41.7 Å². The fraction of sp³-hybridized carbons (Fsp3) is 0.353. The van der Waals surface area contributed by atoms with Crippen LogP contribution in [0.4, 0.5) is 4.39 Å². The van der Waals surface area contributed by atoms with Crippen molar-refractivity contribution in [2.24, 2.45) is 5.41 Å². The summed E-state index contributed by atoms with van der Waals surface area (Å²) in [5.41, 5.74) is 6.29. The molecular weight excluding hydrogens is 569 g/mol. The number of hydrogen-bond donors (Lipinski definition) is 1. The monoisotopic (exact) mass is 603 g/mol. The van der Waals surface area contributed by atoms with Crippen molar-refractivity contribution in [2.45, 2.75) is 60.2 Å². The highest BCUT2D eigenvalue weighted by Gasteiger charge is 2.35. The van der Waals surface area contributed by atoms with E-state index in [1.807, 2.05) is 47.4 Å². The average Bonchev–Trinajstić information content (AvgIpc) is 3.54. The maximum Gasteiger partial charge on any atom is 0.354 e. The normalized spacial score (nSPS) is 14.0. The first-order valence-corrected chi connectivity index (χ1v) is 14.8. The van der Waals surface area contributed by atoms with Crippen LogP contribution in [0.5, 0.6) is 5.75 Å². The van der Waals surface area contributed by atoms with Crippen molar-refractivity contribution in [3.63, 3.8) is 0 Å². The van der Waals surface area contributed by atoms with Gasteiger partial charge in [0.2, 0.25) is 0 Å². The molecule has 0 unspecified atom stereocenters. The van der Waals surface area contributed by atoms with Crippen LogP contribution in [0.15, 0.2) is 42.5 Å². The molecule has 0 atom stereocenters. The summed E-state index contributed by atoms with van der Waals surface area (Å²) in [6.45, 7) is 9.66. The standard InChI is InChI=1S/C34H35ClFN3O4/c1-19-13-21-15-22(36)7-8-23(21)28(14-19)43-12-6-11-38-26-10-9-24(35)30(29(26)20(2)32(38)33(41)42-5)31-25(17-40)37-39-18-34(3,4)16-27(31)39/h7-10,13-15,40H,6,11-12,16-18H2,1-5H3. The number of fused-ring (bicyclic) bond motifs is 3. The summed E-state index contributed by atoms with van der Waals surface area (Å²) < 4.78 is 29.2. The molecule has 1 aliphatic heterocycles. The van der Waals surface area contributed by atoms with Crippen molar-refractivity contribution >= 4 is 39.2 Å². The van der Waals surface area contributed by atoms with Gasteiger partial charge in [-0.2, -0.15) is 5.10 Å². The minimum absolute atomic E-state index is 0.0282. The maximum atomic E-state index is 13.8. The molecule has 0 radical (unpaired) electrons. The topological polar surface area (TPSA) is 78.5 Å². The zero-order valence-electron chi connectivity index (χ0n) is 25.1. The van der Waals surface area contributed by atoms with E-state index in [4.69, 9.17) is 26.2 Å². The number of aryl methyl sites for hydroxylation is 3. The number of hydrogen-bond acceptors (Lipinski definition) is 5. The van der Waals surface area contributed by atoms with E-state index in [0.717, 1.165) is 62.6 Å². The van der Waals surface area contributed by atoms with Gasteiger partial charge in [0.25, 0.3) is 0 Å². The summed E-state index contributed by atoms with van der Waals surface area (Å²) in [5.74, 6) is -0.0305. The molecule has 6 rings (SSSR count). The lowest BCUT2D eigenvalue weighted by atomic mass is 9.88. The van der Waals surface area contributed by atoms with Gasteiger partial charge in [-0.1, -0.05) is 31.5 Å². The summed E-state index contributed by atoms with van der Waals surface area (Å²) in [6.07, 6.45) is 1.39. The number of aliphatic hydroxyl groups is 1. The number of benzene rings is 3. The lowest BCUT2D eigenvalue weighted by Gasteiger charge is -2.16. The second-order valence-corrected chi connectivity index (χ2v) is 12.6. The second kappa shape index (κ2) is 11.0. The molecule has 0 fully saturated rings. The van der Waals surface area contributed by atoms with Crippen molar-refractivity contribution < 1.29 is 23.8 Å². The first-order chi connectivity index (χ1) is 20.5. The summed E-state index contributed by atoms with van der Waals surface area (Å²) in [7, 11) is 1.38. The molecule has 1 N–H and O–H groups in total. The molecule has 224 valence electrons. The number of ether oxygens (including phenoxy) is 2. The Labute approximate surface area is 254 Å². The van der Waals surface area contributed by atoms with Gasteiger partial charge >= 0.3 is 5.97 Å². The van der Waals surface area contributed by atoms with Crippen LogP contribution in [-0.4, -0.2) is 39.1 Å². The highest BCUT2D eigenvalue weighted by atomic mass is 35.5. The Morgan fingerprint density at radius 2 is 1.93 bits per heavy atom. The summed E-state index contributed by atoms with van der Waals surface area (Å²) in [6, 6.07) is 12.3. The van der Waals surface area contributed by atoms with E-state index in [1.165, 1.54) is 19.2 Å². The van der Waals surface area contributed by atoms with Gasteiger partial charge in [-0.15, -0.1) is 0 Å². The molecular formula is C34H35ClFN3O4. The summed E-state index contributed by atoms with van der Waals surface area (Å²) in [5, 5.41) is 18.0. The van der Waals surface area contributed by atoms with Crippen LogP contribution in [0.2, 0.25) is 5.02 Å². The Morgan fingerprint density at radius 3 is 2.67 bits per heavy atom. The van der Waals surface area contributed by atoms with Gasteiger partial charge in [-0.25, -0.2) is 9.18 Å². The van der Waals surface area contributed by atoms with Crippen molar-refractivity contribution in [1.82, 2.24) is 14.3 Å².